The number of allylic oxidation sites excluding steroid dienone is 2. The van der Waals surface area contributed by atoms with Crippen molar-refractivity contribution in [2.45, 2.75) is 0 Å². The van der Waals surface area contributed by atoms with Crippen LogP contribution < -0.4 is 0 Å². The van der Waals surface area contributed by atoms with E-state index in [0.29, 0.717) is 24.3 Å². The molecule has 0 aliphatic rings. The first-order chi connectivity index (χ1) is 12.2. The van der Waals surface area contributed by atoms with Crippen LogP contribution in [0.4, 0.5) is 20.2 Å². The Morgan fingerprint density at radius 2 is 1.12 bits per heavy atom. The molecule has 26 heavy (non-hydrogen) atoms. The van der Waals surface area contributed by atoms with Crippen LogP contribution >= 0.6 is 0 Å². The van der Waals surface area contributed by atoms with E-state index in [4.69, 9.17) is 0 Å². The van der Waals surface area contributed by atoms with Crippen LogP contribution in [0.25, 0.3) is 0 Å². The Kier molecular flexibility index (Phi) is 5.26. The van der Waals surface area contributed by atoms with Crippen molar-refractivity contribution in [3.05, 3.63) is 91.5 Å². The van der Waals surface area contributed by atoms with E-state index in [9.17, 15) is 38.6 Å². The van der Waals surface area contributed by atoms with Crippen molar-refractivity contribution in [1.29, 1.82) is 0 Å². The van der Waals surface area contributed by atoms with E-state index in [-0.39, 0.29) is 0 Å². The summed E-state index contributed by atoms with van der Waals surface area (Å²) in [6, 6.07) is 4.53. The summed E-state index contributed by atoms with van der Waals surface area (Å²) in [5, 5.41) is 21.7. The monoisotopic (exact) mass is 362 g/mol. The molecular weight excluding hydrogens is 354 g/mol. The van der Waals surface area contributed by atoms with Gasteiger partial charge in [-0.05, 0) is 36.4 Å². The van der Waals surface area contributed by atoms with Gasteiger partial charge in [-0.3, -0.25) is 29.8 Å². The molecule has 2 rings (SSSR count). The summed E-state index contributed by atoms with van der Waals surface area (Å²) in [5.41, 5.74) is -2.51. The highest BCUT2D eigenvalue weighted by atomic mass is 19.1. The first-order valence-corrected chi connectivity index (χ1v) is 6.85. The van der Waals surface area contributed by atoms with Crippen LogP contribution in [0.3, 0.4) is 0 Å². The SMILES string of the molecule is O=C(C=CC(=O)c1ccc(F)cc1[N+](=O)[O-])c1ccc(F)cc1[N+](=O)[O-]. The third kappa shape index (κ3) is 3.98. The van der Waals surface area contributed by atoms with E-state index in [1.54, 1.807) is 0 Å². The van der Waals surface area contributed by atoms with Gasteiger partial charge in [-0.25, -0.2) is 8.78 Å². The van der Waals surface area contributed by atoms with Crippen LogP contribution in [0.1, 0.15) is 20.7 Å². The molecule has 0 bridgehead atoms. The van der Waals surface area contributed by atoms with E-state index < -0.39 is 55.5 Å². The molecule has 0 saturated carbocycles. The van der Waals surface area contributed by atoms with Gasteiger partial charge in [-0.15, -0.1) is 0 Å². The molecule has 8 nitrogen and oxygen atoms in total. The molecule has 0 aromatic heterocycles. The fourth-order valence-electron chi connectivity index (χ4n) is 2.06. The van der Waals surface area contributed by atoms with Crippen LogP contribution in [0, 0.1) is 31.9 Å². The highest BCUT2D eigenvalue weighted by molar-refractivity contribution is 6.14. The standard InChI is InChI=1S/C16H8F2N2O6/c17-9-1-3-11(13(7-9)19(23)24)15(21)5-6-16(22)12-4-2-10(18)8-14(12)20(25)26/h1-8H. The molecule has 0 heterocycles. The molecule has 0 spiro atoms. The van der Waals surface area contributed by atoms with Gasteiger partial charge in [0.25, 0.3) is 11.4 Å². The maximum absolute atomic E-state index is 13.1. The first kappa shape index (κ1) is 18.5. The second kappa shape index (κ2) is 7.38. The molecule has 0 aliphatic heterocycles. The topological polar surface area (TPSA) is 120 Å². The third-order valence-electron chi connectivity index (χ3n) is 3.23. The number of carbonyl (C=O) groups is 2. The minimum atomic E-state index is -0.977. The molecule has 132 valence electrons. The number of carbonyl (C=O) groups excluding carboxylic acids is 2. The molecule has 0 aliphatic carbocycles. The van der Waals surface area contributed by atoms with E-state index in [2.05, 4.69) is 0 Å². The van der Waals surface area contributed by atoms with Crippen LogP contribution in [0.5, 0.6) is 0 Å². The second-order valence-corrected chi connectivity index (χ2v) is 4.90. The van der Waals surface area contributed by atoms with Gasteiger partial charge >= 0.3 is 0 Å². The Hall–Kier alpha value is -3.82. The number of hydrogen-bond acceptors (Lipinski definition) is 6. The highest BCUT2D eigenvalue weighted by Crippen LogP contribution is 2.22. The Labute approximate surface area is 143 Å². The Morgan fingerprint density at radius 3 is 1.42 bits per heavy atom. The van der Waals surface area contributed by atoms with Crippen molar-refractivity contribution >= 4 is 22.9 Å². The lowest BCUT2D eigenvalue weighted by Gasteiger charge is -2.00. The molecule has 0 radical (unpaired) electrons. The number of halogens is 2. The Bertz CT molecular complexity index is 894. The van der Waals surface area contributed by atoms with Gasteiger partial charge in [0.2, 0.25) is 0 Å². The van der Waals surface area contributed by atoms with E-state index >= 15 is 0 Å². The van der Waals surface area contributed by atoms with E-state index in [1.165, 1.54) is 0 Å². The number of nitro benzene ring substituents is 2. The third-order valence-corrected chi connectivity index (χ3v) is 3.23. The molecule has 0 atom stereocenters. The van der Waals surface area contributed by atoms with Crippen molar-refractivity contribution in [3.8, 4) is 0 Å². The predicted octanol–water partition coefficient (Wildman–Crippen LogP) is 3.40. The summed E-state index contributed by atoms with van der Waals surface area (Å²) in [5.74, 6) is -3.80. The number of ketones is 2. The molecule has 0 fully saturated rings. The second-order valence-electron chi connectivity index (χ2n) is 4.90. The summed E-state index contributed by atoms with van der Waals surface area (Å²) in [6.45, 7) is 0. The normalized spacial score (nSPS) is 10.7. The van der Waals surface area contributed by atoms with E-state index in [1.807, 2.05) is 0 Å². The summed E-state index contributed by atoms with van der Waals surface area (Å²) in [7, 11) is 0. The summed E-state index contributed by atoms with van der Waals surface area (Å²) in [4.78, 5) is 43.9. The lowest BCUT2D eigenvalue weighted by atomic mass is 10.0. The molecule has 0 N–H and O–H groups in total. The fourth-order valence-corrected chi connectivity index (χ4v) is 2.06. The smallest absolute Gasteiger partial charge is 0.283 e. The number of rotatable bonds is 6. The highest BCUT2D eigenvalue weighted by Gasteiger charge is 2.22. The van der Waals surface area contributed by atoms with Gasteiger partial charge in [0.15, 0.2) is 11.6 Å². The maximum Gasteiger partial charge on any atom is 0.283 e. The zero-order valence-corrected chi connectivity index (χ0v) is 12.7. The van der Waals surface area contributed by atoms with Gasteiger partial charge in [-0.2, -0.15) is 0 Å². The summed E-state index contributed by atoms with van der Waals surface area (Å²) in [6.07, 6.45) is 1.32. The Morgan fingerprint density at radius 1 is 0.769 bits per heavy atom. The quantitative estimate of drug-likeness (QED) is 0.336. The zero-order valence-electron chi connectivity index (χ0n) is 12.7. The van der Waals surface area contributed by atoms with Crippen LogP contribution in [0.15, 0.2) is 48.6 Å². The summed E-state index contributed by atoms with van der Waals surface area (Å²) >= 11 is 0. The average molecular weight is 362 g/mol. The lowest BCUT2D eigenvalue weighted by Crippen LogP contribution is -2.05. The predicted molar refractivity (Wildman–Crippen MR) is 83.9 cm³/mol. The van der Waals surface area contributed by atoms with Crippen molar-refractivity contribution in [2.24, 2.45) is 0 Å². The van der Waals surface area contributed by atoms with Crippen molar-refractivity contribution < 1.29 is 28.2 Å². The molecule has 0 unspecified atom stereocenters. The molecule has 0 amide bonds. The molecule has 0 saturated heterocycles. The van der Waals surface area contributed by atoms with Crippen molar-refractivity contribution in [3.63, 3.8) is 0 Å². The van der Waals surface area contributed by atoms with Gasteiger partial charge in [-0.1, -0.05) is 0 Å². The molecule has 2 aromatic rings. The molecule has 2 aromatic carbocycles. The van der Waals surface area contributed by atoms with Crippen LogP contribution in [-0.2, 0) is 0 Å². The van der Waals surface area contributed by atoms with Gasteiger partial charge < -0.3 is 0 Å². The summed E-state index contributed by atoms with van der Waals surface area (Å²) < 4.78 is 26.2. The van der Waals surface area contributed by atoms with Crippen LogP contribution in [0.2, 0.25) is 0 Å². The number of hydrogen-bond donors (Lipinski definition) is 0. The van der Waals surface area contributed by atoms with Crippen LogP contribution in [-0.4, -0.2) is 21.4 Å². The zero-order chi connectivity index (χ0) is 19.4. The van der Waals surface area contributed by atoms with E-state index in [0.717, 1.165) is 24.3 Å². The maximum atomic E-state index is 13.1. The molecule has 10 heteroatoms. The number of nitro groups is 2. The Balaban J connectivity index is 2.34. The van der Waals surface area contributed by atoms with Gasteiger partial charge in [0, 0.05) is 0 Å². The molecular formula is C16H8F2N2O6. The fraction of sp³-hybridized carbons (Fsp3) is 0. The minimum absolute atomic E-state index is 0.464. The number of benzene rings is 2. The largest absolute Gasteiger partial charge is 0.289 e. The van der Waals surface area contributed by atoms with Crippen molar-refractivity contribution in [1.82, 2.24) is 0 Å². The lowest BCUT2D eigenvalue weighted by molar-refractivity contribution is -0.385. The minimum Gasteiger partial charge on any atom is -0.289 e. The van der Waals surface area contributed by atoms with Gasteiger partial charge in [0.05, 0.1) is 33.1 Å². The first-order valence-electron chi connectivity index (χ1n) is 6.85. The van der Waals surface area contributed by atoms with Crippen molar-refractivity contribution in [2.75, 3.05) is 0 Å². The number of nitrogens with zero attached hydrogens (tertiary/aromatic N) is 2. The average Bonchev–Trinajstić information content (AvgIpc) is 2.59. The van der Waals surface area contributed by atoms with Gasteiger partial charge in [0.1, 0.15) is 11.6 Å².